The minimum atomic E-state index is -0.337. The number of benzene rings is 1. The smallest absolute Gasteiger partial charge is 0.236 e. The second-order valence-electron chi connectivity index (χ2n) is 8.10. The molecule has 3 fully saturated rings. The van der Waals surface area contributed by atoms with E-state index in [-0.39, 0.29) is 17.2 Å². The zero-order valence-corrected chi connectivity index (χ0v) is 16.6. The van der Waals surface area contributed by atoms with Crippen molar-refractivity contribution in [2.75, 3.05) is 45.8 Å². The third-order valence-electron chi connectivity index (χ3n) is 6.28. The number of halogens is 1. The van der Waals surface area contributed by atoms with E-state index < -0.39 is 0 Å². The Hall–Kier alpha value is -1.59. The Labute approximate surface area is 166 Å². The Morgan fingerprint density at radius 3 is 2.07 bits per heavy atom. The summed E-state index contributed by atoms with van der Waals surface area (Å²) >= 11 is 5.99. The van der Waals surface area contributed by atoms with Gasteiger partial charge in [0.2, 0.25) is 11.8 Å². The van der Waals surface area contributed by atoms with E-state index in [9.17, 15) is 9.59 Å². The average Bonchev–Trinajstić information content (AvgIpc) is 3.51. The van der Waals surface area contributed by atoms with Crippen LogP contribution >= 0.6 is 11.6 Å². The molecule has 1 aromatic rings. The van der Waals surface area contributed by atoms with Crippen LogP contribution in [-0.4, -0.2) is 72.3 Å². The lowest BCUT2D eigenvalue weighted by Gasteiger charge is -2.37. The number of carbonyl (C=O) groups excluding carboxylic acids is 2. The van der Waals surface area contributed by atoms with Crippen LogP contribution < -0.4 is 0 Å². The van der Waals surface area contributed by atoms with Crippen LogP contribution in [0.2, 0.25) is 5.02 Å². The van der Waals surface area contributed by atoms with E-state index in [2.05, 4.69) is 4.90 Å². The van der Waals surface area contributed by atoms with Gasteiger partial charge in [-0.2, -0.15) is 0 Å². The summed E-state index contributed by atoms with van der Waals surface area (Å²) in [5.41, 5.74) is 0.746. The van der Waals surface area contributed by atoms with Crippen LogP contribution in [0.4, 0.5) is 0 Å². The number of likely N-dealkylation sites (tertiary alicyclic amines) is 1. The lowest BCUT2D eigenvalue weighted by Crippen LogP contribution is -2.53. The van der Waals surface area contributed by atoms with Gasteiger partial charge in [-0.05, 0) is 49.8 Å². The molecular weight excluding hydrogens is 362 g/mol. The van der Waals surface area contributed by atoms with Crippen molar-refractivity contribution in [1.82, 2.24) is 14.7 Å². The SMILES string of the molecule is O=C(CN1CCN(C(=O)C2(c3ccc(Cl)cc3)CC2)CC1)N1CCCCC1. The molecule has 2 saturated heterocycles. The first-order chi connectivity index (χ1) is 13.1. The monoisotopic (exact) mass is 389 g/mol. The molecule has 5 nitrogen and oxygen atoms in total. The van der Waals surface area contributed by atoms with Crippen molar-refractivity contribution in [2.45, 2.75) is 37.5 Å². The molecule has 4 rings (SSSR count). The second kappa shape index (κ2) is 7.80. The maximum Gasteiger partial charge on any atom is 0.236 e. The van der Waals surface area contributed by atoms with Crippen LogP contribution in [0, 0.1) is 0 Å². The number of rotatable bonds is 4. The van der Waals surface area contributed by atoms with Crippen molar-refractivity contribution in [3.8, 4) is 0 Å². The standard InChI is InChI=1S/C21H28ClN3O2/c22-18-6-4-17(5-7-18)21(8-9-21)20(27)25-14-12-23(13-15-25)16-19(26)24-10-2-1-3-11-24/h4-7H,1-3,8-16H2. The molecule has 1 aromatic carbocycles. The molecule has 2 amide bonds. The number of carbonyl (C=O) groups is 2. The van der Waals surface area contributed by atoms with Gasteiger partial charge in [0.1, 0.15) is 0 Å². The van der Waals surface area contributed by atoms with Gasteiger partial charge in [0.05, 0.1) is 12.0 Å². The van der Waals surface area contributed by atoms with Crippen molar-refractivity contribution < 1.29 is 9.59 Å². The fraction of sp³-hybridized carbons (Fsp3) is 0.619. The molecule has 2 aliphatic heterocycles. The Morgan fingerprint density at radius 2 is 1.48 bits per heavy atom. The maximum atomic E-state index is 13.1. The number of piperazine rings is 1. The summed E-state index contributed by atoms with van der Waals surface area (Å²) in [5, 5.41) is 0.703. The summed E-state index contributed by atoms with van der Waals surface area (Å²) < 4.78 is 0. The zero-order valence-electron chi connectivity index (χ0n) is 15.8. The van der Waals surface area contributed by atoms with Crippen molar-refractivity contribution in [3.05, 3.63) is 34.9 Å². The van der Waals surface area contributed by atoms with Gasteiger partial charge in [-0.1, -0.05) is 23.7 Å². The van der Waals surface area contributed by atoms with Crippen molar-refractivity contribution in [3.63, 3.8) is 0 Å². The zero-order chi connectivity index (χ0) is 18.9. The van der Waals surface area contributed by atoms with Crippen molar-refractivity contribution >= 4 is 23.4 Å². The average molecular weight is 390 g/mol. The van der Waals surface area contributed by atoms with Gasteiger partial charge in [-0.15, -0.1) is 0 Å². The highest BCUT2D eigenvalue weighted by molar-refractivity contribution is 6.30. The van der Waals surface area contributed by atoms with Gasteiger partial charge < -0.3 is 9.80 Å². The summed E-state index contributed by atoms with van der Waals surface area (Å²) in [7, 11) is 0. The summed E-state index contributed by atoms with van der Waals surface area (Å²) in [6.45, 7) is 5.28. The van der Waals surface area contributed by atoms with E-state index in [0.717, 1.165) is 57.4 Å². The van der Waals surface area contributed by atoms with Crippen LogP contribution in [0.15, 0.2) is 24.3 Å². The fourth-order valence-corrected chi connectivity index (χ4v) is 4.49. The predicted molar refractivity (Wildman–Crippen MR) is 106 cm³/mol. The van der Waals surface area contributed by atoms with E-state index in [0.29, 0.717) is 24.7 Å². The van der Waals surface area contributed by atoms with Crippen molar-refractivity contribution in [2.24, 2.45) is 0 Å². The third-order valence-corrected chi connectivity index (χ3v) is 6.54. The van der Waals surface area contributed by atoms with Gasteiger partial charge in [0.25, 0.3) is 0 Å². The topological polar surface area (TPSA) is 43.9 Å². The summed E-state index contributed by atoms with van der Waals surface area (Å²) in [4.78, 5) is 31.8. The van der Waals surface area contributed by atoms with E-state index in [1.165, 1.54) is 6.42 Å². The highest BCUT2D eigenvalue weighted by atomic mass is 35.5. The maximum absolute atomic E-state index is 13.1. The molecule has 0 atom stereocenters. The highest BCUT2D eigenvalue weighted by Crippen LogP contribution is 2.49. The minimum absolute atomic E-state index is 0.242. The molecule has 0 bridgehead atoms. The molecule has 0 radical (unpaired) electrons. The van der Waals surface area contributed by atoms with E-state index in [1.54, 1.807) is 0 Å². The van der Waals surface area contributed by atoms with Gasteiger partial charge in [0, 0.05) is 44.3 Å². The first-order valence-corrected chi connectivity index (χ1v) is 10.5. The Bertz CT molecular complexity index is 688. The lowest BCUT2D eigenvalue weighted by molar-refractivity contribution is -0.137. The van der Waals surface area contributed by atoms with Gasteiger partial charge in [0.15, 0.2) is 0 Å². The second-order valence-corrected chi connectivity index (χ2v) is 8.54. The molecule has 0 unspecified atom stereocenters. The predicted octanol–water partition coefficient (Wildman–Crippen LogP) is 2.53. The molecule has 0 aromatic heterocycles. The van der Waals surface area contributed by atoms with E-state index in [4.69, 9.17) is 11.6 Å². The molecule has 146 valence electrons. The van der Waals surface area contributed by atoms with Crippen molar-refractivity contribution in [1.29, 1.82) is 0 Å². The van der Waals surface area contributed by atoms with Gasteiger partial charge >= 0.3 is 0 Å². The van der Waals surface area contributed by atoms with E-state index in [1.807, 2.05) is 34.1 Å². The van der Waals surface area contributed by atoms with Crippen LogP contribution in [0.3, 0.4) is 0 Å². The Balaban J connectivity index is 1.30. The summed E-state index contributed by atoms with van der Waals surface area (Å²) in [6.07, 6.45) is 5.32. The van der Waals surface area contributed by atoms with Crippen LogP contribution in [-0.2, 0) is 15.0 Å². The molecule has 1 aliphatic carbocycles. The molecule has 0 N–H and O–H groups in total. The highest BCUT2D eigenvalue weighted by Gasteiger charge is 2.53. The number of hydrogen-bond donors (Lipinski definition) is 0. The summed E-state index contributed by atoms with van der Waals surface area (Å²) in [5.74, 6) is 0.487. The molecule has 0 spiro atoms. The molecule has 6 heteroatoms. The third kappa shape index (κ3) is 3.99. The Morgan fingerprint density at radius 1 is 0.852 bits per heavy atom. The number of amides is 2. The molecule has 3 aliphatic rings. The number of hydrogen-bond acceptors (Lipinski definition) is 3. The number of piperidine rings is 1. The normalized spacial score (nSPS) is 22.6. The van der Waals surface area contributed by atoms with Crippen LogP contribution in [0.5, 0.6) is 0 Å². The molecule has 27 heavy (non-hydrogen) atoms. The Kier molecular flexibility index (Phi) is 5.42. The molecule has 1 saturated carbocycles. The largest absolute Gasteiger partial charge is 0.342 e. The summed E-state index contributed by atoms with van der Waals surface area (Å²) in [6, 6.07) is 7.71. The minimum Gasteiger partial charge on any atom is -0.342 e. The first kappa shape index (κ1) is 18.8. The van der Waals surface area contributed by atoms with Gasteiger partial charge in [-0.3, -0.25) is 14.5 Å². The number of nitrogens with zero attached hydrogens (tertiary/aromatic N) is 3. The first-order valence-electron chi connectivity index (χ1n) is 10.1. The fourth-order valence-electron chi connectivity index (χ4n) is 4.37. The van der Waals surface area contributed by atoms with Gasteiger partial charge in [-0.25, -0.2) is 0 Å². The molecular formula is C21H28ClN3O2. The van der Waals surface area contributed by atoms with Crippen LogP contribution in [0.1, 0.15) is 37.7 Å². The molecule has 2 heterocycles. The van der Waals surface area contributed by atoms with Crippen LogP contribution in [0.25, 0.3) is 0 Å². The quantitative estimate of drug-likeness (QED) is 0.794. The van der Waals surface area contributed by atoms with E-state index >= 15 is 0 Å². The lowest BCUT2D eigenvalue weighted by atomic mass is 9.94.